The van der Waals surface area contributed by atoms with Crippen LogP contribution in [0.3, 0.4) is 0 Å². The molecule has 0 radical (unpaired) electrons. The summed E-state index contributed by atoms with van der Waals surface area (Å²) in [6.07, 6.45) is 9.80. The summed E-state index contributed by atoms with van der Waals surface area (Å²) in [4.78, 5) is 168. The van der Waals surface area contributed by atoms with Crippen molar-refractivity contribution in [1.29, 1.82) is 0 Å². The van der Waals surface area contributed by atoms with E-state index < -0.39 is 83.7 Å². The number of benzene rings is 1. The maximum absolute atomic E-state index is 11.9. The van der Waals surface area contributed by atoms with E-state index in [-0.39, 0.29) is 128 Å². The fraction of sp³-hybridized carbons (Fsp3) is 0.585. The van der Waals surface area contributed by atoms with E-state index in [0.29, 0.717) is 56.6 Å². The van der Waals surface area contributed by atoms with Crippen LogP contribution in [0, 0.1) is 0 Å². The Morgan fingerprint density at radius 1 is 0.385 bits per heavy atom. The van der Waals surface area contributed by atoms with Gasteiger partial charge in [0.1, 0.15) is 88.6 Å². The van der Waals surface area contributed by atoms with Gasteiger partial charge in [-0.25, -0.2) is 14.4 Å². The van der Waals surface area contributed by atoms with Crippen molar-refractivity contribution in [1.82, 2.24) is 21.3 Å². The van der Waals surface area contributed by atoms with Gasteiger partial charge in [0.05, 0.1) is 19.4 Å². The number of methoxy groups -OCH3 is 2. The molecule has 1 rings (SSSR count). The second kappa shape index (κ2) is 60.7. The van der Waals surface area contributed by atoms with Crippen LogP contribution in [0.4, 0.5) is 0 Å². The van der Waals surface area contributed by atoms with Gasteiger partial charge >= 0.3 is 47.8 Å². The number of unbranched alkanes of at least 4 members (excludes halogenated alkanes) is 6. The molecule has 0 saturated carbocycles. The molecular weight excluding hydrogens is 1270 g/mol. The zero-order valence-electron chi connectivity index (χ0n) is 56.1. The van der Waals surface area contributed by atoms with Crippen molar-refractivity contribution in [2.45, 2.75) is 136 Å². The standard InChI is InChI=1S/C21H28N2O8.C20H30N2O9.2C12H20O5/c1-14(24)12-17(25)22-8-9-23-18(26)13-19(27)31-11-10-30-16-6-4-15(5-7-16)20(28)21(2,3)29;1-3-18(26)30-11-12-31-19(27)7-5-4-6-10-29-20(28)14-17(25)22-9-8-21-16(24)13-15(2)23;2*1-3-11(13)16-9-10-17-12(14)7-5-4-6-8-15-2/h4-7,29H,8-13H2,1-3H3,(H,22,25)(H,23,26);3H,1,4-14H2,2H3,(H,21,24)(H,22,25);2*3H,1,4-10H2,2H3. The van der Waals surface area contributed by atoms with E-state index in [0.717, 1.165) is 56.8 Å². The fourth-order valence-electron chi connectivity index (χ4n) is 6.65. The molecule has 1 aromatic carbocycles. The summed E-state index contributed by atoms with van der Waals surface area (Å²) in [5.74, 6) is -6.39. The van der Waals surface area contributed by atoms with Crippen LogP contribution in [-0.4, -0.2) is 213 Å². The van der Waals surface area contributed by atoms with Gasteiger partial charge in [-0.05, 0) is 96.9 Å². The Morgan fingerprint density at radius 2 is 0.677 bits per heavy atom. The molecule has 0 aromatic heterocycles. The maximum atomic E-state index is 11.9. The Morgan fingerprint density at radius 3 is 0.990 bits per heavy atom. The predicted molar refractivity (Wildman–Crippen MR) is 342 cm³/mol. The van der Waals surface area contributed by atoms with Gasteiger partial charge in [0.15, 0.2) is 5.78 Å². The van der Waals surface area contributed by atoms with Crippen molar-refractivity contribution in [2.75, 3.05) is 113 Å². The van der Waals surface area contributed by atoms with Crippen LogP contribution in [0.5, 0.6) is 5.75 Å². The van der Waals surface area contributed by atoms with Crippen LogP contribution in [0.25, 0.3) is 0 Å². The zero-order chi connectivity index (χ0) is 72.8. The summed E-state index contributed by atoms with van der Waals surface area (Å²) in [7, 11) is 3.30. The average molecular weight is 1370 g/mol. The lowest BCUT2D eigenvalue weighted by atomic mass is 9.97. The minimum atomic E-state index is -1.47. The first-order valence-electron chi connectivity index (χ1n) is 30.8. The van der Waals surface area contributed by atoms with E-state index in [1.165, 1.54) is 39.8 Å². The summed E-state index contributed by atoms with van der Waals surface area (Å²) >= 11 is 0. The summed E-state index contributed by atoms with van der Waals surface area (Å²) in [5.41, 5.74) is -1.12. The van der Waals surface area contributed by atoms with Crippen LogP contribution in [-0.2, 0) is 114 Å². The highest BCUT2D eigenvalue weighted by Crippen LogP contribution is 2.17. The lowest BCUT2D eigenvalue weighted by Gasteiger charge is -2.15. The van der Waals surface area contributed by atoms with E-state index in [4.69, 9.17) is 37.9 Å². The lowest BCUT2D eigenvalue weighted by molar-refractivity contribution is -0.150. The summed E-state index contributed by atoms with van der Waals surface area (Å²) in [5, 5.41) is 19.5. The first-order valence-corrected chi connectivity index (χ1v) is 30.8. The number of Topliss-reactive ketones (excluding diaryl/α,β-unsaturated/α-hetero) is 3. The molecule has 1 aromatic rings. The number of carbonyl (C=O) groups excluding carboxylic acids is 15. The molecule has 31 heteroatoms. The summed E-state index contributed by atoms with van der Waals surface area (Å²) < 4.78 is 53.6. The van der Waals surface area contributed by atoms with Crippen molar-refractivity contribution >= 4 is 88.7 Å². The number of esters is 8. The van der Waals surface area contributed by atoms with E-state index in [1.54, 1.807) is 26.4 Å². The Kier molecular flexibility index (Phi) is 57.5. The maximum Gasteiger partial charge on any atom is 0.330 e. The molecule has 540 valence electrons. The molecule has 4 amide bonds. The molecule has 0 heterocycles. The molecule has 0 aliphatic carbocycles. The minimum absolute atomic E-state index is 0.0249. The third-order valence-electron chi connectivity index (χ3n) is 11.3. The normalized spacial score (nSPS) is 10.1. The first kappa shape index (κ1) is 91.0. The number of ketones is 3. The Bertz CT molecular complexity index is 2510. The fourth-order valence-corrected chi connectivity index (χ4v) is 6.65. The van der Waals surface area contributed by atoms with Crippen molar-refractivity contribution in [3.63, 3.8) is 0 Å². The average Bonchev–Trinajstić information content (AvgIpc) is 0.919. The van der Waals surface area contributed by atoms with Gasteiger partial charge in [-0.2, -0.15) is 0 Å². The van der Waals surface area contributed by atoms with Gasteiger partial charge < -0.3 is 78.5 Å². The van der Waals surface area contributed by atoms with Crippen LogP contribution in [0.2, 0.25) is 0 Å². The van der Waals surface area contributed by atoms with Crippen LogP contribution < -0.4 is 26.0 Å². The van der Waals surface area contributed by atoms with Crippen molar-refractivity contribution in [2.24, 2.45) is 0 Å². The second-order valence-corrected chi connectivity index (χ2v) is 20.4. The molecule has 96 heavy (non-hydrogen) atoms. The number of hydrogen-bond donors (Lipinski definition) is 5. The first-order chi connectivity index (χ1) is 45.6. The molecule has 5 N–H and O–H groups in total. The molecule has 0 saturated heterocycles. The van der Waals surface area contributed by atoms with Crippen LogP contribution in [0.15, 0.2) is 62.2 Å². The minimum Gasteiger partial charge on any atom is -0.490 e. The van der Waals surface area contributed by atoms with E-state index in [2.05, 4.69) is 55.2 Å². The number of amides is 4. The number of nitrogens with one attached hydrogen (secondary N) is 4. The molecular formula is C65H98N4O27. The monoisotopic (exact) mass is 1370 g/mol. The molecule has 0 fully saturated rings. The molecule has 0 aliphatic heterocycles. The molecule has 0 spiro atoms. The highest BCUT2D eigenvalue weighted by atomic mass is 16.6. The molecule has 0 atom stereocenters. The topological polar surface area (TPSA) is 426 Å². The van der Waals surface area contributed by atoms with Gasteiger partial charge in [-0.1, -0.05) is 32.6 Å². The van der Waals surface area contributed by atoms with Crippen molar-refractivity contribution < 1.29 is 129 Å². The highest BCUT2D eigenvalue weighted by Gasteiger charge is 2.25. The van der Waals surface area contributed by atoms with Crippen LogP contribution in [0.1, 0.15) is 141 Å². The lowest BCUT2D eigenvalue weighted by Crippen LogP contribution is -2.36. The zero-order valence-corrected chi connectivity index (χ0v) is 56.1. The highest BCUT2D eigenvalue weighted by molar-refractivity contribution is 6.02. The molecule has 0 unspecified atom stereocenters. The molecule has 31 nitrogen and oxygen atoms in total. The van der Waals surface area contributed by atoms with E-state index >= 15 is 0 Å². The van der Waals surface area contributed by atoms with Gasteiger partial charge in [0.2, 0.25) is 23.6 Å². The Balaban J connectivity index is -0.00000125. The van der Waals surface area contributed by atoms with Gasteiger partial charge in [0.25, 0.3) is 0 Å². The van der Waals surface area contributed by atoms with Gasteiger partial charge in [-0.3, -0.25) is 57.5 Å². The van der Waals surface area contributed by atoms with Crippen molar-refractivity contribution in [3.8, 4) is 5.75 Å². The second-order valence-electron chi connectivity index (χ2n) is 20.4. The Hall–Kier alpha value is -9.23. The largest absolute Gasteiger partial charge is 0.490 e. The van der Waals surface area contributed by atoms with Gasteiger partial charge in [-0.15, -0.1) is 0 Å². The third kappa shape index (κ3) is 62.2. The van der Waals surface area contributed by atoms with Gasteiger partial charge in [0, 0.05) is 96.7 Å². The van der Waals surface area contributed by atoms with E-state index in [1.807, 2.05) is 0 Å². The third-order valence-corrected chi connectivity index (χ3v) is 11.3. The Labute approximate surface area is 560 Å². The van der Waals surface area contributed by atoms with Crippen LogP contribution >= 0.6 is 0 Å². The quantitative estimate of drug-likeness (QED) is 0.0156. The van der Waals surface area contributed by atoms with Crippen molar-refractivity contribution in [3.05, 3.63) is 67.8 Å². The summed E-state index contributed by atoms with van der Waals surface area (Å²) in [6, 6.07) is 6.16. The SMILES string of the molecule is C=CC(=O)OCCOC(=O)CCCCCOC.C=CC(=O)OCCOC(=O)CCCCCOC.C=CC(=O)OCCOC(=O)CCCCCOC(=O)CC(=O)NCCNC(=O)CC(C)=O.CC(=O)CC(=O)NCCNC(=O)CC(=O)OCCOc1ccc(C(=O)C(C)(C)O)cc1. The number of hydrogen-bond acceptors (Lipinski definition) is 27. The van der Waals surface area contributed by atoms with E-state index in [9.17, 15) is 77.0 Å². The summed E-state index contributed by atoms with van der Waals surface area (Å²) in [6.45, 7) is 17.5. The number of carbonyl (C=O) groups is 15. The molecule has 0 bridgehead atoms. The number of rotatable bonds is 50. The smallest absolute Gasteiger partial charge is 0.330 e. The molecule has 0 aliphatic rings. The predicted octanol–water partition coefficient (Wildman–Crippen LogP) is 3.06. The number of aliphatic hydroxyl groups is 1. The number of ether oxygens (including phenoxy) is 11.